The summed E-state index contributed by atoms with van der Waals surface area (Å²) in [6, 6.07) is 0. The second-order valence-corrected chi connectivity index (χ2v) is 5.29. The molecule has 1 heterocycles. The molecule has 0 aromatic carbocycles. The van der Waals surface area contributed by atoms with Crippen molar-refractivity contribution in [2.75, 3.05) is 6.54 Å². The van der Waals surface area contributed by atoms with Crippen LogP contribution in [0.3, 0.4) is 0 Å². The Bertz CT molecular complexity index is 360. The molecule has 0 radical (unpaired) electrons. The summed E-state index contributed by atoms with van der Waals surface area (Å²) < 4.78 is 0. The average Bonchev–Trinajstić information content (AvgIpc) is 2.68. The molecular formula is C10H16N2O3S. The summed E-state index contributed by atoms with van der Waals surface area (Å²) in [6.45, 7) is 5.02. The lowest BCUT2D eigenvalue weighted by Crippen LogP contribution is -2.50. The summed E-state index contributed by atoms with van der Waals surface area (Å²) in [5.41, 5.74) is -2.22. The Morgan fingerprint density at radius 1 is 1.56 bits per heavy atom. The van der Waals surface area contributed by atoms with Gasteiger partial charge in [-0.25, -0.2) is 9.78 Å². The monoisotopic (exact) mass is 244 g/mol. The van der Waals surface area contributed by atoms with E-state index >= 15 is 0 Å². The van der Waals surface area contributed by atoms with Gasteiger partial charge in [0.15, 0.2) is 5.60 Å². The smallest absolute Gasteiger partial charge is 0.336 e. The Hall–Kier alpha value is -0.980. The Balaban J connectivity index is 2.65. The highest BCUT2D eigenvalue weighted by Crippen LogP contribution is 2.22. The molecule has 90 valence electrons. The minimum Gasteiger partial charge on any atom is -0.479 e. The number of aliphatic carboxylic acids is 1. The van der Waals surface area contributed by atoms with Gasteiger partial charge in [0.2, 0.25) is 0 Å². The van der Waals surface area contributed by atoms with E-state index in [1.165, 1.54) is 18.3 Å². The van der Waals surface area contributed by atoms with Crippen LogP contribution in [0.2, 0.25) is 0 Å². The van der Waals surface area contributed by atoms with Crippen molar-refractivity contribution in [3.05, 3.63) is 16.6 Å². The number of carboxylic acids is 1. The topological polar surface area (TPSA) is 82.5 Å². The Morgan fingerprint density at radius 2 is 2.19 bits per heavy atom. The number of nitrogens with zero attached hydrogens (tertiary/aromatic N) is 1. The lowest BCUT2D eigenvalue weighted by molar-refractivity contribution is -0.156. The Morgan fingerprint density at radius 3 is 2.62 bits per heavy atom. The van der Waals surface area contributed by atoms with Gasteiger partial charge in [-0.1, -0.05) is 0 Å². The van der Waals surface area contributed by atoms with Gasteiger partial charge in [-0.3, -0.25) is 0 Å². The number of hydrogen-bond donors (Lipinski definition) is 3. The average molecular weight is 244 g/mol. The van der Waals surface area contributed by atoms with Gasteiger partial charge < -0.3 is 15.5 Å². The van der Waals surface area contributed by atoms with E-state index in [9.17, 15) is 9.90 Å². The number of rotatable bonds is 5. The summed E-state index contributed by atoms with van der Waals surface area (Å²) in [6.07, 6.45) is 1.69. The van der Waals surface area contributed by atoms with Gasteiger partial charge in [0, 0.05) is 18.1 Å². The molecular weight excluding hydrogens is 228 g/mol. The van der Waals surface area contributed by atoms with Crippen LogP contribution >= 0.6 is 11.3 Å². The number of thiazole rings is 1. The Labute approximate surface area is 98.1 Å². The maximum absolute atomic E-state index is 10.7. The predicted octanol–water partition coefficient (Wildman–Crippen LogP) is 0.803. The zero-order chi connectivity index (χ0) is 12.4. The van der Waals surface area contributed by atoms with Gasteiger partial charge in [0.1, 0.15) is 5.01 Å². The van der Waals surface area contributed by atoms with Crippen molar-refractivity contribution in [2.45, 2.75) is 31.9 Å². The fourth-order valence-corrected chi connectivity index (χ4v) is 1.82. The van der Waals surface area contributed by atoms with Gasteiger partial charge in [0.25, 0.3) is 0 Å². The van der Waals surface area contributed by atoms with Crippen LogP contribution in [0, 0.1) is 0 Å². The van der Waals surface area contributed by atoms with Crippen molar-refractivity contribution in [1.29, 1.82) is 0 Å². The van der Waals surface area contributed by atoms with Crippen molar-refractivity contribution < 1.29 is 15.0 Å². The summed E-state index contributed by atoms with van der Waals surface area (Å²) in [4.78, 5) is 14.9. The molecule has 1 atom stereocenters. The molecule has 0 aliphatic rings. The molecule has 0 amide bonds. The second-order valence-electron chi connectivity index (χ2n) is 4.39. The fraction of sp³-hybridized carbons (Fsp3) is 0.600. The molecule has 16 heavy (non-hydrogen) atoms. The summed E-state index contributed by atoms with van der Waals surface area (Å²) >= 11 is 1.49. The fourth-order valence-electron chi connectivity index (χ4n) is 1.08. The maximum atomic E-state index is 10.7. The van der Waals surface area contributed by atoms with Crippen LogP contribution in [0.5, 0.6) is 0 Å². The minimum absolute atomic E-state index is 0.0328. The molecule has 0 bridgehead atoms. The largest absolute Gasteiger partial charge is 0.479 e. The number of nitrogens with one attached hydrogen (secondary N) is 1. The van der Waals surface area contributed by atoms with Crippen molar-refractivity contribution in [3.8, 4) is 0 Å². The molecule has 0 spiro atoms. The van der Waals surface area contributed by atoms with E-state index in [-0.39, 0.29) is 6.54 Å². The lowest BCUT2D eigenvalue weighted by atomic mass is 10.0. The van der Waals surface area contributed by atoms with E-state index in [0.717, 1.165) is 5.01 Å². The molecule has 1 aromatic rings. The zero-order valence-corrected chi connectivity index (χ0v) is 10.3. The Kier molecular flexibility index (Phi) is 3.67. The van der Waals surface area contributed by atoms with E-state index in [1.807, 2.05) is 19.2 Å². The summed E-state index contributed by atoms with van der Waals surface area (Å²) in [7, 11) is 0. The van der Waals surface area contributed by atoms with Crippen molar-refractivity contribution in [3.63, 3.8) is 0 Å². The molecule has 0 fully saturated rings. The normalized spacial score (nSPS) is 15.8. The third kappa shape index (κ3) is 3.01. The molecule has 0 aliphatic carbocycles. The molecule has 1 rings (SSSR count). The summed E-state index contributed by atoms with van der Waals surface area (Å²) in [5.74, 6) is -1.24. The number of carboxylic acid groups (broad SMARTS) is 1. The number of aliphatic hydroxyl groups is 1. The molecule has 5 nitrogen and oxygen atoms in total. The van der Waals surface area contributed by atoms with E-state index < -0.39 is 17.1 Å². The first-order valence-corrected chi connectivity index (χ1v) is 5.74. The van der Waals surface area contributed by atoms with Gasteiger partial charge in [-0.05, 0) is 20.8 Å². The first-order chi connectivity index (χ1) is 7.26. The third-order valence-electron chi connectivity index (χ3n) is 2.30. The first kappa shape index (κ1) is 13.1. The van der Waals surface area contributed by atoms with Crippen LogP contribution in [-0.4, -0.2) is 33.3 Å². The number of aromatic nitrogens is 1. The molecule has 0 saturated heterocycles. The molecule has 0 saturated carbocycles. The van der Waals surface area contributed by atoms with E-state index in [1.54, 1.807) is 6.20 Å². The van der Waals surface area contributed by atoms with Gasteiger partial charge >= 0.3 is 5.97 Å². The van der Waals surface area contributed by atoms with Crippen LogP contribution in [0.4, 0.5) is 0 Å². The van der Waals surface area contributed by atoms with Crippen LogP contribution < -0.4 is 5.32 Å². The lowest BCUT2D eigenvalue weighted by Gasteiger charge is -2.28. The quantitative estimate of drug-likeness (QED) is 0.714. The molecule has 3 N–H and O–H groups in total. The maximum Gasteiger partial charge on any atom is 0.336 e. The van der Waals surface area contributed by atoms with Crippen molar-refractivity contribution >= 4 is 17.3 Å². The number of hydrogen-bond acceptors (Lipinski definition) is 5. The third-order valence-corrected chi connectivity index (χ3v) is 3.40. The second kappa shape index (κ2) is 4.48. The van der Waals surface area contributed by atoms with E-state index in [0.29, 0.717) is 0 Å². The summed E-state index contributed by atoms with van der Waals surface area (Å²) in [5, 5.41) is 24.0. The van der Waals surface area contributed by atoms with Gasteiger partial charge in [-0.15, -0.1) is 11.3 Å². The van der Waals surface area contributed by atoms with E-state index in [4.69, 9.17) is 5.11 Å². The highest BCUT2D eigenvalue weighted by Gasteiger charge is 2.33. The van der Waals surface area contributed by atoms with Crippen LogP contribution in [0.25, 0.3) is 0 Å². The number of carbonyl (C=O) groups is 1. The molecule has 1 aromatic heterocycles. The molecule has 1 unspecified atom stereocenters. The van der Waals surface area contributed by atoms with Gasteiger partial charge in [-0.2, -0.15) is 0 Å². The van der Waals surface area contributed by atoms with Gasteiger partial charge in [0.05, 0.1) is 5.54 Å². The molecule has 6 heteroatoms. The van der Waals surface area contributed by atoms with Crippen molar-refractivity contribution in [1.82, 2.24) is 10.3 Å². The standard InChI is InChI=1S/C10H16N2O3S/c1-9(2,7-11-4-5-16-7)12-6-10(3,15)8(13)14/h4-5,12,15H,6H2,1-3H3,(H,13,14). The zero-order valence-electron chi connectivity index (χ0n) is 9.52. The van der Waals surface area contributed by atoms with Crippen LogP contribution in [0.1, 0.15) is 25.8 Å². The first-order valence-electron chi connectivity index (χ1n) is 4.86. The van der Waals surface area contributed by atoms with E-state index in [2.05, 4.69) is 10.3 Å². The molecule has 0 aliphatic heterocycles. The minimum atomic E-state index is -1.77. The van der Waals surface area contributed by atoms with Crippen LogP contribution in [-0.2, 0) is 10.3 Å². The highest BCUT2D eigenvalue weighted by molar-refractivity contribution is 7.09. The highest BCUT2D eigenvalue weighted by atomic mass is 32.1. The SMILES string of the molecule is CC(O)(CNC(C)(C)c1nccs1)C(=O)O. The predicted molar refractivity (Wildman–Crippen MR) is 61.4 cm³/mol. The van der Waals surface area contributed by atoms with Crippen molar-refractivity contribution in [2.24, 2.45) is 0 Å². The van der Waals surface area contributed by atoms with Crippen LogP contribution in [0.15, 0.2) is 11.6 Å².